The van der Waals surface area contributed by atoms with Gasteiger partial charge in [-0.2, -0.15) is 0 Å². The van der Waals surface area contributed by atoms with Crippen molar-refractivity contribution in [1.82, 2.24) is 9.80 Å². The van der Waals surface area contributed by atoms with Gasteiger partial charge in [0.05, 0.1) is 0 Å². The summed E-state index contributed by atoms with van der Waals surface area (Å²) in [6.45, 7) is 15.0. The molecule has 0 bridgehead atoms. The molecular weight excluding hydrogens is 1000 g/mol. The number of nitrogens with one attached hydrogen (secondary N) is 1. The summed E-state index contributed by atoms with van der Waals surface area (Å²) in [6, 6.07) is 42.1. The number of esters is 2. The van der Waals surface area contributed by atoms with Crippen LogP contribution < -0.4 is 30.0 Å². The van der Waals surface area contributed by atoms with E-state index >= 15 is 0 Å². The van der Waals surface area contributed by atoms with E-state index in [0.717, 1.165) is 114 Å². The molecule has 412 valence electrons. The zero-order chi connectivity index (χ0) is 55.4. The minimum atomic E-state index is -0.525. The van der Waals surface area contributed by atoms with Gasteiger partial charge in [0.25, 0.3) is 11.1 Å². The van der Waals surface area contributed by atoms with Gasteiger partial charge in [-0.25, -0.2) is 0 Å². The number of nitrogens with two attached hydrogens (primary N) is 1. The molecular formula is C65H77ClN4O8. The third-order valence-corrected chi connectivity index (χ3v) is 13.1. The Hall–Kier alpha value is -7.51. The number of ether oxygens (including phenoxy) is 4. The van der Waals surface area contributed by atoms with Gasteiger partial charge in [0.1, 0.15) is 35.2 Å². The van der Waals surface area contributed by atoms with E-state index in [2.05, 4.69) is 71.7 Å². The highest BCUT2D eigenvalue weighted by molar-refractivity contribution is 6.67. The van der Waals surface area contributed by atoms with Gasteiger partial charge < -0.3 is 39.8 Å². The molecule has 8 rings (SSSR count). The number of piperidine rings is 2. The molecule has 1 amide bonds. The first-order chi connectivity index (χ1) is 36.9. The number of halogens is 1. The summed E-state index contributed by atoms with van der Waals surface area (Å²) < 4.78 is 22.7. The van der Waals surface area contributed by atoms with Crippen molar-refractivity contribution in [2.45, 2.75) is 99.7 Å². The van der Waals surface area contributed by atoms with E-state index in [-0.39, 0.29) is 25.4 Å². The summed E-state index contributed by atoms with van der Waals surface area (Å²) in [4.78, 5) is 51.4. The lowest BCUT2D eigenvalue weighted by Crippen LogP contribution is -2.35. The van der Waals surface area contributed by atoms with E-state index in [0.29, 0.717) is 47.3 Å². The zero-order valence-corrected chi connectivity index (χ0v) is 46.5. The Labute approximate surface area is 467 Å². The summed E-state index contributed by atoms with van der Waals surface area (Å²) in [6.07, 6.45) is 10.1. The molecule has 2 aliphatic rings. The molecule has 2 aliphatic heterocycles. The average Bonchev–Trinajstić information content (AvgIpc) is 3.43. The fourth-order valence-electron chi connectivity index (χ4n) is 8.62. The number of allylic oxidation sites excluding steroid dienone is 4. The molecule has 12 nitrogen and oxygen atoms in total. The first-order valence-corrected chi connectivity index (χ1v) is 26.5. The van der Waals surface area contributed by atoms with Crippen LogP contribution in [0.4, 0.5) is 11.4 Å². The first-order valence-electron chi connectivity index (χ1n) is 26.1. The van der Waals surface area contributed by atoms with Crippen LogP contribution in [0.15, 0.2) is 157 Å². The predicted molar refractivity (Wildman–Crippen MR) is 317 cm³/mol. The van der Waals surface area contributed by atoms with E-state index in [1.54, 1.807) is 36.4 Å². The number of hydrogen-bond donors (Lipinski definition) is 2. The van der Waals surface area contributed by atoms with Crippen molar-refractivity contribution in [1.29, 1.82) is 0 Å². The maximum absolute atomic E-state index is 13.1. The van der Waals surface area contributed by atoms with Gasteiger partial charge in [-0.05, 0) is 210 Å². The Morgan fingerprint density at radius 1 is 0.551 bits per heavy atom. The molecule has 2 saturated heterocycles. The molecule has 0 saturated carbocycles. The normalized spacial score (nSPS) is 13.6. The highest BCUT2D eigenvalue weighted by Crippen LogP contribution is 2.30. The van der Waals surface area contributed by atoms with Gasteiger partial charge in [0.15, 0.2) is 0 Å². The van der Waals surface area contributed by atoms with Gasteiger partial charge in [-0.1, -0.05) is 79.3 Å². The number of nitrogen functional groups attached to an aromatic ring is 1. The van der Waals surface area contributed by atoms with E-state index in [9.17, 15) is 19.2 Å². The van der Waals surface area contributed by atoms with Crippen LogP contribution >= 0.6 is 11.6 Å². The quantitative estimate of drug-likeness (QED) is 0.0333. The minimum absolute atomic E-state index is 0. The van der Waals surface area contributed by atoms with Crippen LogP contribution in [0.3, 0.4) is 0 Å². The number of hydrogen-bond acceptors (Lipinski definition) is 11. The number of amides is 1. The van der Waals surface area contributed by atoms with Crippen LogP contribution in [0.5, 0.6) is 23.0 Å². The summed E-state index contributed by atoms with van der Waals surface area (Å²) in [5, 5.41) is 2.47. The molecule has 0 aliphatic carbocycles. The Bertz CT molecular complexity index is 3000. The number of carbonyl (C=O) groups is 4. The molecule has 13 heteroatoms. The monoisotopic (exact) mass is 1080 g/mol. The van der Waals surface area contributed by atoms with Crippen LogP contribution in [0, 0.1) is 0 Å². The molecule has 6 aromatic rings. The first kappa shape index (κ1) is 61.3. The molecule has 0 atom stereocenters. The molecule has 3 N–H and O–H groups in total. The number of benzene rings is 6. The molecule has 0 unspecified atom stereocenters. The topological polar surface area (TPSA) is 150 Å². The molecule has 2 heterocycles. The predicted octanol–water partition coefficient (Wildman–Crippen LogP) is 14.1. The molecule has 2 fully saturated rings. The molecule has 0 aromatic heterocycles. The number of carbonyl (C=O) groups excluding carboxylic acids is 4. The van der Waals surface area contributed by atoms with Crippen LogP contribution in [-0.4, -0.2) is 85.4 Å². The highest BCUT2D eigenvalue weighted by Gasteiger charge is 2.20. The van der Waals surface area contributed by atoms with Crippen molar-refractivity contribution in [3.8, 4) is 45.3 Å². The fourth-order valence-corrected chi connectivity index (χ4v) is 8.74. The largest absolute Gasteiger partial charge is 0.490 e. The SMILES string of the molecule is C.CC(=O)Oc1ccc(C(=O)Cl)cc1CC=C(C)C.CC(=O)Oc1ccc(C(=O)Nc2cccc(-c3ccc(OC4CCN(C)CC4)cc3)c2)cc1CC=C(C)C.CN1CCC(Oc2ccc(-c3cccc(N)c3)cc2)CC1. The zero-order valence-electron chi connectivity index (χ0n) is 45.7. The van der Waals surface area contributed by atoms with Gasteiger partial charge >= 0.3 is 11.9 Å². The van der Waals surface area contributed by atoms with Gasteiger partial charge in [-0.15, -0.1) is 0 Å². The summed E-state index contributed by atoms with van der Waals surface area (Å²) in [7, 11) is 4.31. The van der Waals surface area contributed by atoms with Crippen LogP contribution in [0.1, 0.15) is 106 Å². The number of anilines is 2. The highest BCUT2D eigenvalue weighted by atomic mass is 35.5. The third-order valence-electron chi connectivity index (χ3n) is 12.9. The van der Waals surface area contributed by atoms with Crippen molar-refractivity contribution in [2.75, 3.05) is 51.3 Å². The maximum Gasteiger partial charge on any atom is 0.308 e. The second-order valence-corrected chi connectivity index (χ2v) is 20.4. The van der Waals surface area contributed by atoms with Crippen molar-refractivity contribution in [3.63, 3.8) is 0 Å². The number of rotatable bonds is 15. The Morgan fingerprint density at radius 2 is 0.974 bits per heavy atom. The second kappa shape index (κ2) is 30.4. The van der Waals surface area contributed by atoms with E-state index in [1.807, 2.05) is 94.4 Å². The van der Waals surface area contributed by atoms with E-state index < -0.39 is 11.2 Å². The van der Waals surface area contributed by atoms with Gasteiger partial charge in [0.2, 0.25) is 0 Å². The molecule has 6 aromatic carbocycles. The van der Waals surface area contributed by atoms with Gasteiger partial charge in [0, 0.05) is 62.5 Å². The lowest BCUT2D eigenvalue weighted by Gasteiger charge is -2.29. The van der Waals surface area contributed by atoms with E-state index in [1.165, 1.54) is 13.8 Å². The van der Waals surface area contributed by atoms with Crippen molar-refractivity contribution in [2.24, 2.45) is 0 Å². The Balaban J connectivity index is 0.000000236. The lowest BCUT2D eigenvalue weighted by molar-refractivity contribution is -0.132. The maximum atomic E-state index is 13.1. The smallest absolute Gasteiger partial charge is 0.308 e. The van der Waals surface area contributed by atoms with Crippen LogP contribution in [0.2, 0.25) is 0 Å². The summed E-state index contributed by atoms with van der Waals surface area (Å²) in [5.74, 6) is 1.76. The van der Waals surface area contributed by atoms with Crippen LogP contribution in [-0.2, 0) is 22.4 Å². The summed E-state index contributed by atoms with van der Waals surface area (Å²) >= 11 is 5.43. The van der Waals surface area contributed by atoms with Crippen molar-refractivity contribution in [3.05, 3.63) is 179 Å². The lowest BCUT2D eigenvalue weighted by atomic mass is 10.0. The van der Waals surface area contributed by atoms with Crippen molar-refractivity contribution >= 4 is 46.1 Å². The van der Waals surface area contributed by atoms with Crippen LogP contribution in [0.25, 0.3) is 22.3 Å². The number of likely N-dealkylation sites (tertiary alicyclic amines) is 2. The van der Waals surface area contributed by atoms with Crippen molar-refractivity contribution < 1.29 is 38.1 Å². The van der Waals surface area contributed by atoms with E-state index in [4.69, 9.17) is 36.3 Å². The fraction of sp³-hybridized carbons (Fsp3) is 0.323. The minimum Gasteiger partial charge on any atom is -0.490 e. The third kappa shape index (κ3) is 20.1. The number of nitrogens with zero attached hydrogens (tertiary/aromatic N) is 2. The molecule has 78 heavy (non-hydrogen) atoms. The summed E-state index contributed by atoms with van der Waals surface area (Å²) in [5.41, 5.74) is 16.4. The Morgan fingerprint density at radius 3 is 1.40 bits per heavy atom. The van der Waals surface area contributed by atoms with Gasteiger partial charge in [-0.3, -0.25) is 19.2 Å². The average molecular weight is 1080 g/mol. The second-order valence-electron chi connectivity index (χ2n) is 20.0. The standard InChI is InChI=1S/C32H36N2O4.C18H22N2O.C14H15ClO3.CH4/c1-22(2)8-9-26-20-27(12-15-31(26)37-23(3)35)32(36)33-28-7-5-6-25(21-28)24-10-13-29(14-11-24)38-30-16-18-34(4)19-17-30;1-20-11-9-18(10-12-20)21-17-7-5-14(6-8-17)15-3-2-4-16(19)13-15;1-9(2)4-5-11-8-12(14(15)17)6-7-13(11)18-10(3)16;/h5-8,10-15,20-21,30H,9,16-19H2,1-4H3,(H,33,36);2-8,13,18H,9-12,19H2,1H3;4,6-8H,5H2,1-3H3;1H4. The Kier molecular flexibility index (Phi) is 23.9. The molecule has 0 spiro atoms. The molecule has 0 radical (unpaired) electrons.